The molecule has 6 aromatic rings. The molecule has 0 aliphatic carbocycles. The van der Waals surface area contributed by atoms with E-state index >= 15 is 0 Å². The van der Waals surface area contributed by atoms with E-state index in [1.165, 1.54) is 14.2 Å². The van der Waals surface area contributed by atoms with E-state index in [2.05, 4.69) is 13.8 Å². The number of hydrogen-bond acceptors (Lipinski definition) is 6. The van der Waals surface area contributed by atoms with Gasteiger partial charge in [-0.25, -0.2) is 4.90 Å². The van der Waals surface area contributed by atoms with E-state index in [4.69, 9.17) is 9.47 Å². The Morgan fingerprint density at radius 2 is 0.962 bits per heavy atom. The molecule has 0 N–H and O–H groups in total. The van der Waals surface area contributed by atoms with E-state index in [1.54, 1.807) is 35.2 Å². The van der Waals surface area contributed by atoms with Crippen molar-refractivity contribution >= 4 is 72.4 Å². The van der Waals surface area contributed by atoms with Gasteiger partial charge < -0.3 is 9.47 Å². The van der Waals surface area contributed by atoms with Crippen LogP contribution in [0.25, 0.3) is 43.1 Å². The molecule has 8 heteroatoms. The molecule has 0 atom stereocenters. The lowest BCUT2D eigenvalue weighted by atomic mass is 9.82. The molecule has 8 rings (SSSR count). The molecule has 0 spiro atoms. The number of hydrogen-bond donors (Lipinski definition) is 0. The van der Waals surface area contributed by atoms with Crippen molar-refractivity contribution in [2.24, 2.45) is 0 Å². The van der Waals surface area contributed by atoms with Gasteiger partial charge in [0.1, 0.15) is 11.5 Å². The van der Waals surface area contributed by atoms with Crippen LogP contribution < -0.4 is 14.4 Å². The Morgan fingerprint density at radius 1 is 0.509 bits per heavy atom. The van der Waals surface area contributed by atoms with Crippen molar-refractivity contribution in [2.75, 3.05) is 19.1 Å². The van der Waals surface area contributed by atoms with E-state index in [0.717, 1.165) is 101 Å². The largest absolute Gasteiger partial charge is 0.497 e. The molecular formula is C45H44N2O6. The first-order valence-corrected chi connectivity index (χ1v) is 19.0. The standard InChI is InChI=1S/C45H44N2O6/c1-5-7-9-11-13-26(14-12-10-8-6-2)46-42(48)32-20-16-28-30-18-22-34-41-35(45(51)47(44(34)50)36-25-27(52-3)15-24-37(36)53-4)23-19-31(39(30)41)29-17-21-33(43(46)49)40(32)38(28)29/h15-26H,5-14H2,1-4H3. The highest BCUT2D eigenvalue weighted by molar-refractivity contribution is 6.43. The van der Waals surface area contributed by atoms with Crippen LogP contribution >= 0.6 is 0 Å². The van der Waals surface area contributed by atoms with Crippen LogP contribution in [0.15, 0.2) is 66.7 Å². The first-order chi connectivity index (χ1) is 25.8. The quantitative estimate of drug-likeness (QED) is 0.0484. The Morgan fingerprint density at radius 3 is 1.38 bits per heavy atom. The lowest BCUT2D eigenvalue weighted by Crippen LogP contribution is -2.47. The van der Waals surface area contributed by atoms with Crippen molar-refractivity contribution in [3.8, 4) is 11.5 Å². The second-order valence-corrected chi connectivity index (χ2v) is 14.5. The Bertz CT molecular complexity index is 2330. The lowest BCUT2D eigenvalue weighted by Gasteiger charge is -2.35. The van der Waals surface area contributed by atoms with Gasteiger partial charge in [-0.3, -0.25) is 24.1 Å². The number of benzene rings is 6. The number of unbranched alkanes of at least 4 members (excludes halogenated alkanes) is 6. The van der Waals surface area contributed by atoms with Crippen LogP contribution in [0.4, 0.5) is 5.69 Å². The zero-order chi connectivity index (χ0) is 37.0. The van der Waals surface area contributed by atoms with E-state index in [-0.39, 0.29) is 17.9 Å². The van der Waals surface area contributed by atoms with Gasteiger partial charge in [0, 0.05) is 45.1 Å². The van der Waals surface area contributed by atoms with Gasteiger partial charge in [-0.15, -0.1) is 0 Å². The van der Waals surface area contributed by atoms with Crippen LogP contribution in [0.5, 0.6) is 11.5 Å². The molecular weight excluding hydrogens is 665 g/mol. The average molecular weight is 709 g/mol. The van der Waals surface area contributed by atoms with E-state index in [0.29, 0.717) is 50.2 Å². The van der Waals surface area contributed by atoms with E-state index in [1.807, 2.05) is 36.4 Å². The van der Waals surface area contributed by atoms with Gasteiger partial charge in [-0.2, -0.15) is 0 Å². The molecule has 0 radical (unpaired) electrons. The number of imide groups is 2. The van der Waals surface area contributed by atoms with E-state index in [9.17, 15) is 19.2 Å². The molecule has 270 valence electrons. The van der Waals surface area contributed by atoms with Crippen molar-refractivity contribution in [3.05, 3.63) is 89.0 Å². The molecule has 53 heavy (non-hydrogen) atoms. The summed E-state index contributed by atoms with van der Waals surface area (Å²) in [5, 5.41) is 6.41. The molecule has 0 unspecified atom stereocenters. The maximum absolute atomic E-state index is 14.4. The maximum Gasteiger partial charge on any atom is 0.266 e. The lowest BCUT2D eigenvalue weighted by molar-refractivity contribution is 0.0516. The minimum atomic E-state index is -0.455. The molecule has 2 aliphatic heterocycles. The first-order valence-electron chi connectivity index (χ1n) is 19.0. The SMILES string of the molecule is CCCCCCC(CCCCCC)N1C(=O)c2ccc3c4ccc5c6c(ccc(c7ccc(c2c37)C1=O)c64)C(=O)N(c1cc(OC)ccc1OC)C5=O. The van der Waals surface area contributed by atoms with Gasteiger partial charge in [0.05, 0.1) is 19.9 Å². The minimum absolute atomic E-state index is 0.136. The van der Waals surface area contributed by atoms with Crippen LogP contribution in [0.2, 0.25) is 0 Å². The topological polar surface area (TPSA) is 93.2 Å². The Kier molecular flexibility index (Phi) is 9.01. The zero-order valence-electron chi connectivity index (χ0n) is 30.8. The normalized spacial score (nSPS) is 14.3. The zero-order valence-corrected chi connectivity index (χ0v) is 30.8. The molecule has 8 nitrogen and oxygen atoms in total. The third kappa shape index (κ3) is 5.33. The molecule has 0 saturated carbocycles. The molecule has 2 aliphatic rings. The predicted molar refractivity (Wildman–Crippen MR) is 210 cm³/mol. The fourth-order valence-corrected chi connectivity index (χ4v) is 8.82. The third-order valence-corrected chi connectivity index (χ3v) is 11.4. The molecule has 0 aromatic heterocycles. The first kappa shape index (κ1) is 34.6. The van der Waals surface area contributed by atoms with Crippen LogP contribution in [0.3, 0.4) is 0 Å². The Hall–Kier alpha value is -5.50. The molecule has 6 aromatic carbocycles. The Labute approximate surface area is 309 Å². The monoisotopic (exact) mass is 708 g/mol. The van der Waals surface area contributed by atoms with Gasteiger partial charge in [-0.1, -0.05) is 89.5 Å². The third-order valence-electron chi connectivity index (χ3n) is 11.4. The number of amides is 4. The highest BCUT2D eigenvalue weighted by atomic mass is 16.5. The van der Waals surface area contributed by atoms with Crippen molar-refractivity contribution in [1.29, 1.82) is 0 Å². The fourth-order valence-electron chi connectivity index (χ4n) is 8.82. The summed E-state index contributed by atoms with van der Waals surface area (Å²) in [5.41, 5.74) is 2.22. The van der Waals surface area contributed by atoms with Gasteiger partial charge >= 0.3 is 0 Å². The number of anilines is 1. The average Bonchev–Trinajstić information content (AvgIpc) is 3.18. The van der Waals surface area contributed by atoms with Crippen molar-refractivity contribution < 1.29 is 28.7 Å². The summed E-state index contributed by atoms with van der Waals surface area (Å²) in [6, 6.07) is 20.0. The second kappa shape index (κ2) is 13.8. The summed E-state index contributed by atoms with van der Waals surface area (Å²) in [7, 11) is 3.03. The smallest absolute Gasteiger partial charge is 0.266 e. The summed E-state index contributed by atoms with van der Waals surface area (Å²) in [5.74, 6) is -0.487. The molecule has 4 amide bonds. The van der Waals surface area contributed by atoms with Gasteiger partial charge in [0.2, 0.25) is 0 Å². The number of ether oxygens (including phenoxy) is 2. The van der Waals surface area contributed by atoms with Crippen LogP contribution in [0, 0.1) is 0 Å². The number of methoxy groups -OCH3 is 2. The summed E-state index contributed by atoms with van der Waals surface area (Å²) < 4.78 is 11.0. The molecule has 0 saturated heterocycles. The van der Waals surface area contributed by atoms with Crippen molar-refractivity contribution in [1.82, 2.24) is 4.90 Å². The van der Waals surface area contributed by atoms with Crippen molar-refractivity contribution in [3.63, 3.8) is 0 Å². The Balaban J connectivity index is 1.26. The number of fused-ring (bicyclic) bond motifs is 2. The predicted octanol–water partition coefficient (Wildman–Crippen LogP) is 10.5. The number of nitrogens with zero attached hydrogens (tertiary/aromatic N) is 2. The van der Waals surface area contributed by atoms with Crippen LogP contribution in [-0.4, -0.2) is 48.8 Å². The number of carbonyl (C=O) groups is 4. The molecule has 0 bridgehead atoms. The molecule has 0 fully saturated rings. The summed E-state index contributed by atoms with van der Waals surface area (Å²) in [4.78, 5) is 60.2. The number of carbonyl (C=O) groups excluding carboxylic acids is 4. The van der Waals surface area contributed by atoms with E-state index < -0.39 is 11.8 Å². The second-order valence-electron chi connectivity index (χ2n) is 14.5. The van der Waals surface area contributed by atoms with Crippen LogP contribution in [-0.2, 0) is 0 Å². The van der Waals surface area contributed by atoms with Gasteiger partial charge in [0.25, 0.3) is 23.6 Å². The number of rotatable bonds is 14. The fraction of sp³-hybridized carbons (Fsp3) is 0.333. The maximum atomic E-state index is 14.4. The van der Waals surface area contributed by atoms with Gasteiger partial charge in [-0.05, 0) is 81.6 Å². The molecule has 2 heterocycles. The summed E-state index contributed by atoms with van der Waals surface area (Å²) in [6.45, 7) is 4.38. The van der Waals surface area contributed by atoms with Gasteiger partial charge in [0.15, 0.2) is 0 Å². The van der Waals surface area contributed by atoms with Crippen LogP contribution in [0.1, 0.15) is 119 Å². The highest BCUT2D eigenvalue weighted by Gasteiger charge is 2.40. The summed E-state index contributed by atoms with van der Waals surface area (Å²) >= 11 is 0. The minimum Gasteiger partial charge on any atom is -0.497 e. The highest BCUT2D eigenvalue weighted by Crippen LogP contribution is 2.47. The summed E-state index contributed by atoms with van der Waals surface area (Å²) in [6.07, 6.45) is 10.4. The van der Waals surface area contributed by atoms with Crippen molar-refractivity contribution in [2.45, 2.75) is 84.1 Å².